The fourth-order valence-electron chi connectivity index (χ4n) is 3.26. The Hall–Kier alpha value is -0.120. The van der Waals surface area contributed by atoms with Gasteiger partial charge in [-0.25, -0.2) is 0 Å². The fourth-order valence-corrected chi connectivity index (χ4v) is 3.26. The molecule has 3 nitrogen and oxygen atoms in total. The predicted octanol–water partition coefficient (Wildman–Crippen LogP) is 0.959. The summed E-state index contributed by atoms with van der Waals surface area (Å²) in [5.41, 5.74) is 0. The monoisotopic (exact) mass is 225 g/mol. The van der Waals surface area contributed by atoms with Crippen LogP contribution in [0.15, 0.2) is 0 Å². The maximum Gasteiger partial charge on any atom is 0.0264 e. The molecule has 2 aliphatic heterocycles. The summed E-state index contributed by atoms with van der Waals surface area (Å²) >= 11 is 0. The first-order valence-electron chi connectivity index (χ1n) is 6.80. The number of hydrogen-bond donors (Lipinski definition) is 3. The van der Waals surface area contributed by atoms with Crippen molar-refractivity contribution in [2.75, 3.05) is 13.1 Å². The fraction of sp³-hybridized carbons (Fsp3) is 1.00. The topological polar surface area (TPSA) is 36.1 Å². The van der Waals surface area contributed by atoms with Crippen molar-refractivity contribution in [3.8, 4) is 0 Å². The number of piperidine rings is 1. The van der Waals surface area contributed by atoms with Crippen LogP contribution in [0.2, 0.25) is 0 Å². The van der Waals surface area contributed by atoms with Crippen LogP contribution in [-0.2, 0) is 0 Å². The quantitative estimate of drug-likeness (QED) is 0.622. The normalized spacial score (nSPS) is 50.2. The number of hydrogen-bond acceptors (Lipinski definition) is 3. The molecule has 0 saturated carbocycles. The first-order chi connectivity index (χ1) is 7.58. The molecule has 0 bridgehead atoms. The number of nitrogens with one attached hydrogen (secondary N) is 3. The molecule has 16 heavy (non-hydrogen) atoms. The van der Waals surface area contributed by atoms with Crippen LogP contribution in [0.25, 0.3) is 0 Å². The van der Waals surface area contributed by atoms with E-state index in [-0.39, 0.29) is 0 Å². The molecule has 94 valence electrons. The highest BCUT2D eigenvalue weighted by Crippen LogP contribution is 2.26. The van der Waals surface area contributed by atoms with E-state index in [2.05, 4.69) is 43.6 Å². The van der Waals surface area contributed by atoms with Gasteiger partial charge in [-0.15, -0.1) is 0 Å². The van der Waals surface area contributed by atoms with Crippen molar-refractivity contribution in [2.24, 2.45) is 11.8 Å². The highest BCUT2D eigenvalue weighted by molar-refractivity contribution is 4.97. The van der Waals surface area contributed by atoms with Crippen LogP contribution in [0.1, 0.15) is 34.1 Å². The summed E-state index contributed by atoms with van der Waals surface area (Å²) in [5.74, 6) is 1.57. The largest absolute Gasteiger partial charge is 0.314 e. The van der Waals surface area contributed by atoms with Crippen molar-refractivity contribution in [3.05, 3.63) is 0 Å². The third-order valence-electron chi connectivity index (χ3n) is 4.33. The first-order valence-corrected chi connectivity index (χ1v) is 6.80. The maximum atomic E-state index is 3.78. The Morgan fingerprint density at radius 2 is 1.56 bits per heavy atom. The van der Waals surface area contributed by atoms with Crippen LogP contribution in [-0.4, -0.2) is 37.3 Å². The Morgan fingerprint density at radius 1 is 0.875 bits per heavy atom. The summed E-state index contributed by atoms with van der Waals surface area (Å²) in [7, 11) is 0. The average molecular weight is 225 g/mol. The van der Waals surface area contributed by atoms with Crippen LogP contribution < -0.4 is 16.0 Å². The summed E-state index contributed by atoms with van der Waals surface area (Å²) in [5, 5.41) is 11.1. The Morgan fingerprint density at radius 3 is 2.31 bits per heavy atom. The lowest BCUT2D eigenvalue weighted by atomic mass is 9.78. The lowest BCUT2D eigenvalue weighted by Crippen LogP contribution is -2.65. The van der Waals surface area contributed by atoms with Gasteiger partial charge in [0.2, 0.25) is 0 Å². The summed E-state index contributed by atoms with van der Waals surface area (Å²) in [6, 6.07) is 2.46. The van der Waals surface area contributed by atoms with E-state index >= 15 is 0 Å². The lowest BCUT2D eigenvalue weighted by Gasteiger charge is -2.45. The average Bonchev–Trinajstić information content (AvgIpc) is 2.25. The molecular formula is C13H27N3. The Balaban J connectivity index is 2.02. The molecule has 2 fully saturated rings. The van der Waals surface area contributed by atoms with E-state index < -0.39 is 0 Å². The predicted molar refractivity (Wildman–Crippen MR) is 68.6 cm³/mol. The first kappa shape index (κ1) is 12.3. The van der Waals surface area contributed by atoms with Gasteiger partial charge in [0.05, 0.1) is 0 Å². The summed E-state index contributed by atoms with van der Waals surface area (Å²) in [6.07, 6.45) is 1.35. The van der Waals surface area contributed by atoms with E-state index in [1.165, 1.54) is 13.0 Å². The molecule has 6 unspecified atom stereocenters. The van der Waals surface area contributed by atoms with E-state index in [4.69, 9.17) is 0 Å². The molecule has 2 rings (SSSR count). The van der Waals surface area contributed by atoms with E-state index in [0.717, 1.165) is 18.4 Å². The third kappa shape index (κ3) is 2.58. The molecule has 0 amide bonds. The van der Waals surface area contributed by atoms with Gasteiger partial charge in [-0.2, -0.15) is 0 Å². The minimum Gasteiger partial charge on any atom is -0.314 e. The second-order valence-electron chi connectivity index (χ2n) is 5.99. The third-order valence-corrected chi connectivity index (χ3v) is 4.33. The van der Waals surface area contributed by atoms with Gasteiger partial charge in [-0.05, 0) is 45.6 Å². The second-order valence-corrected chi connectivity index (χ2v) is 5.99. The van der Waals surface area contributed by atoms with E-state index in [0.29, 0.717) is 24.2 Å². The van der Waals surface area contributed by atoms with Crippen LogP contribution in [0, 0.1) is 11.8 Å². The van der Waals surface area contributed by atoms with Crippen molar-refractivity contribution in [1.82, 2.24) is 16.0 Å². The minimum absolute atomic E-state index is 0.593. The van der Waals surface area contributed by atoms with Gasteiger partial charge < -0.3 is 16.0 Å². The van der Waals surface area contributed by atoms with Gasteiger partial charge in [0.25, 0.3) is 0 Å². The van der Waals surface area contributed by atoms with Crippen molar-refractivity contribution in [3.63, 3.8) is 0 Å². The minimum atomic E-state index is 0.593. The van der Waals surface area contributed by atoms with Gasteiger partial charge in [0.1, 0.15) is 0 Å². The number of piperazine rings is 1. The SMILES string of the molecule is CC1CNC(C)C(C2NC(C)CNC2C)C1. The molecule has 2 aliphatic rings. The zero-order chi connectivity index (χ0) is 11.7. The van der Waals surface area contributed by atoms with Gasteiger partial charge in [0, 0.05) is 30.7 Å². The van der Waals surface area contributed by atoms with Crippen LogP contribution in [0.4, 0.5) is 0 Å². The van der Waals surface area contributed by atoms with Gasteiger partial charge in [-0.1, -0.05) is 6.92 Å². The number of rotatable bonds is 1. The molecule has 2 heterocycles. The molecule has 2 saturated heterocycles. The molecule has 0 aliphatic carbocycles. The Bertz CT molecular complexity index is 207. The molecular weight excluding hydrogens is 198 g/mol. The van der Waals surface area contributed by atoms with Crippen LogP contribution in [0.5, 0.6) is 0 Å². The molecule has 6 atom stereocenters. The summed E-state index contributed by atoms with van der Waals surface area (Å²) in [4.78, 5) is 0. The smallest absolute Gasteiger partial charge is 0.0264 e. The van der Waals surface area contributed by atoms with Gasteiger partial charge >= 0.3 is 0 Å². The second kappa shape index (κ2) is 5.03. The van der Waals surface area contributed by atoms with Gasteiger partial charge in [-0.3, -0.25) is 0 Å². The van der Waals surface area contributed by atoms with Crippen molar-refractivity contribution in [2.45, 2.75) is 58.3 Å². The molecule has 0 aromatic rings. The Kier molecular flexibility index (Phi) is 3.88. The van der Waals surface area contributed by atoms with Crippen molar-refractivity contribution in [1.29, 1.82) is 0 Å². The van der Waals surface area contributed by atoms with E-state index in [1.807, 2.05) is 0 Å². The standard InChI is InChI=1S/C13H27N3/c1-8-5-12(10(3)14-6-8)13-11(4)15-7-9(2)16-13/h8-16H,5-7H2,1-4H3. The molecule has 0 radical (unpaired) electrons. The van der Waals surface area contributed by atoms with Crippen LogP contribution >= 0.6 is 0 Å². The Labute approximate surface area is 99.8 Å². The van der Waals surface area contributed by atoms with Crippen LogP contribution in [0.3, 0.4) is 0 Å². The molecule has 3 N–H and O–H groups in total. The highest BCUT2D eigenvalue weighted by Gasteiger charge is 2.36. The molecule has 0 aromatic heterocycles. The lowest BCUT2D eigenvalue weighted by molar-refractivity contribution is 0.138. The summed E-state index contributed by atoms with van der Waals surface area (Å²) < 4.78 is 0. The van der Waals surface area contributed by atoms with Gasteiger partial charge in [0.15, 0.2) is 0 Å². The molecule has 0 spiro atoms. The van der Waals surface area contributed by atoms with E-state index in [1.54, 1.807) is 0 Å². The highest BCUT2D eigenvalue weighted by atomic mass is 15.1. The van der Waals surface area contributed by atoms with Crippen molar-refractivity contribution < 1.29 is 0 Å². The molecule has 3 heteroatoms. The molecule has 0 aromatic carbocycles. The summed E-state index contributed by atoms with van der Waals surface area (Å²) in [6.45, 7) is 11.6. The van der Waals surface area contributed by atoms with Crippen molar-refractivity contribution >= 4 is 0 Å². The van der Waals surface area contributed by atoms with E-state index in [9.17, 15) is 0 Å². The zero-order valence-electron chi connectivity index (χ0n) is 11.1. The maximum absolute atomic E-state index is 3.78. The zero-order valence-corrected chi connectivity index (χ0v) is 11.1.